The highest BCUT2D eigenvalue weighted by Crippen LogP contribution is 2.18. The summed E-state index contributed by atoms with van der Waals surface area (Å²) in [5.41, 5.74) is 1.39. The Morgan fingerprint density at radius 2 is 1.75 bits per heavy atom. The van der Waals surface area contributed by atoms with Gasteiger partial charge in [0, 0.05) is 13.2 Å². The van der Waals surface area contributed by atoms with E-state index in [9.17, 15) is 0 Å². The predicted molar refractivity (Wildman–Crippen MR) is 66.6 cm³/mol. The molecule has 0 radical (unpaired) electrons. The van der Waals surface area contributed by atoms with Gasteiger partial charge in [0.05, 0.1) is 0 Å². The van der Waals surface area contributed by atoms with Crippen molar-refractivity contribution in [2.24, 2.45) is 5.92 Å². The van der Waals surface area contributed by atoms with E-state index in [1.807, 2.05) is 0 Å². The van der Waals surface area contributed by atoms with Crippen LogP contribution >= 0.6 is 0 Å². The summed E-state index contributed by atoms with van der Waals surface area (Å²) in [7, 11) is 0. The van der Waals surface area contributed by atoms with Crippen LogP contribution in [0.1, 0.15) is 18.4 Å². The van der Waals surface area contributed by atoms with Crippen molar-refractivity contribution in [3.63, 3.8) is 0 Å². The Hall–Kier alpha value is -0.900. The van der Waals surface area contributed by atoms with Gasteiger partial charge in [0.2, 0.25) is 0 Å². The van der Waals surface area contributed by atoms with E-state index in [-0.39, 0.29) is 6.15 Å². The molecule has 1 aromatic rings. The van der Waals surface area contributed by atoms with Crippen LogP contribution in [0.4, 0.5) is 0 Å². The van der Waals surface area contributed by atoms with E-state index in [2.05, 4.69) is 35.2 Å². The second-order valence-corrected chi connectivity index (χ2v) is 4.39. The summed E-state index contributed by atoms with van der Waals surface area (Å²) < 4.78 is 0. The zero-order valence-electron chi connectivity index (χ0n) is 9.81. The van der Waals surface area contributed by atoms with Crippen molar-refractivity contribution < 1.29 is 5.11 Å². The SMILES string of the molecule is N.OCC1CCN(Cc2ccccc2)CC1. The normalized spacial score (nSPS) is 18.1. The third-order valence-electron chi connectivity index (χ3n) is 3.21. The number of nitrogens with zero attached hydrogens (tertiary/aromatic N) is 1. The highest BCUT2D eigenvalue weighted by Gasteiger charge is 2.17. The van der Waals surface area contributed by atoms with Gasteiger partial charge in [-0.25, -0.2) is 0 Å². The molecule has 0 unspecified atom stereocenters. The van der Waals surface area contributed by atoms with E-state index < -0.39 is 0 Å². The fourth-order valence-electron chi connectivity index (χ4n) is 2.17. The standard InChI is InChI=1S/C13H19NO.H3N/c15-11-13-6-8-14(9-7-13)10-12-4-2-1-3-5-12;/h1-5,13,15H,6-11H2;1H3. The first-order valence-corrected chi connectivity index (χ1v) is 5.75. The minimum absolute atomic E-state index is 0. The quantitative estimate of drug-likeness (QED) is 0.823. The Morgan fingerprint density at radius 3 is 2.31 bits per heavy atom. The lowest BCUT2D eigenvalue weighted by Gasteiger charge is -2.30. The molecule has 3 nitrogen and oxygen atoms in total. The highest BCUT2D eigenvalue weighted by molar-refractivity contribution is 5.14. The molecule has 90 valence electrons. The van der Waals surface area contributed by atoms with Crippen molar-refractivity contribution in [1.82, 2.24) is 11.1 Å². The van der Waals surface area contributed by atoms with Crippen molar-refractivity contribution in [3.05, 3.63) is 35.9 Å². The fourth-order valence-corrected chi connectivity index (χ4v) is 2.17. The molecule has 4 N–H and O–H groups in total. The molecule has 0 spiro atoms. The summed E-state index contributed by atoms with van der Waals surface area (Å²) in [6.45, 7) is 3.67. The van der Waals surface area contributed by atoms with E-state index in [0.29, 0.717) is 12.5 Å². The van der Waals surface area contributed by atoms with Gasteiger partial charge in [0.1, 0.15) is 0 Å². The van der Waals surface area contributed by atoms with E-state index in [1.165, 1.54) is 5.56 Å². The molecule has 1 aromatic carbocycles. The van der Waals surface area contributed by atoms with Gasteiger partial charge >= 0.3 is 0 Å². The topological polar surface area (TPSA) is 58.5 Å². The van der Waals surface area contributed by atoms with Crippen molar-refractivity contribution >= 4 is 0 Å². The first-order valence-electron chi connectivity index (χ1n) is 5.75. The average molecular weight is 222 g/mol. The lowest BCUT2D eigenvalue weighted by Crippen LogP contribution is -2.34. The molecule has 1 aliphatic heterocycles. The Morgan fingerprint density at radius 1 is 1.12 bits per heavy atom. The van der Waals surface area contributed by atoms with Crippen LogP contribution in [0.25, 0.3) is 0 Å². The van der Waals surface area contributed by atoms with Gasteiger partial charge in [-0.2, -0.15) is 0 Å². The van der Waals surface area contributed by atoms with Crippen molar-refractivity contribution in [2.75, 3.05) is 19.7 Å². The highest BCUT2D eigenvalue weighted by atomic mass is 16.3. The molecule has 1 heterocycles. The zero-order valence-corrected chi connectivity index (χ0v) is 9.81. The fraction of sp³-hybridized carbons (Fsp3) is 0.538. The summed E-state index contributed by atoms with van der Waals surface area (Å²) in [4.78, 5) is 2.47. The molecule has 2 rings (SSSR count). The number of rotatable bonds is 3. The summed E-state index contributed by atoms with van der Waals surface area (Å²) >= 11 is 0. The number of aliphatic hydroxyl groups excluding tert-OH is 1. The largest absolute Gasteiger partial charge is 0.396 e. The minimum atomic E-state index is 0. The van der Waals surface area contributed by atoms with Crippen LogP contribution in [0, 0.1) is 5.92 Å². The minimum Gasteiger partial charge on any atom is -0.396 e. The van der Waals surface area contributed by atoms with Crippen LogP contribution in [0.3, 0.4) is 0 Å². The maximum atomic E-state index is 9.05. The van der Waals surface area contributed by atoms with Gasteiger partial charge < -0.3 is 11.3 Å². The Labute approximate surface area is 97.7 Å². The van der Waals surface area contributed by atoms with E-state index in [4.69, 9.17) is 5.11 Å². The van der Waals surface area contributed by atoms with Crippen LogP contribution in [0.15, 0.2) is 30.3 Å². The molecule has 0 amide bonds. The predicted octanol–water partition coefficient (Wildman–Crippen LogP) is 2.05. The maximum Gasteiger partial charge on any atom is 0.0460 e. The van der Waals surface area contributed by atoms with Crippen LogP contribution in [-0.4, -0.2) is 29.7 Å². The molecule has 1 aliphatic rings. The Bertz CT molecular complexity index is 281. The molecule has 3 heteroatoms. The number of hydrogen-bond donors (Lipinski definition) is 2. The summed E-state index contributed by atoms with van der Waals surface area (Å²) in [6.07, 6.45) is 2.28. The molecule has 1 saturated heterocycles. The van der Waals surface area contributed by atoms with E-state index in [1.54, 1.807) is 0 Å². The molecule has 1 fully saturated rings. The van der Waals surface area contributed by atoms with E-state index in [0.717, 1.165) is 32.5 Å². The molecule has 0 aliphatic carbocycles. The molecular weight excluding hydrogens is 200 g/mol. The first-order chi connectivity index (χ1) is 7.38. The number of aliphatic hydroxyl groups is 1. The van der Waals surface area contributed by atoms with E-state index >= 15 is 0 Å². The third-order valence-corrected chi connectivity index (χ3v) is 3.21. The van der Waals surface area contributed by atoms with Crippen LogP contribution < -0.4 is 6.15 Å². The number of benzene rings is 1. The smallest absolute Gasteiger partial charge is 0.0460 e. The van der Waals surface area contributed by atoms with Gasteiger partial charge in [-0.1, -0.05) is 30.3 Å². The first kappa shape index (κ1) is 13.2. The van der Waals surface area contributed by atoms with Crippen molar-refractivity contribution in [2.45, 2.75) is 19.4 Å². The number of hydrogen-bond acceptors (Lipinski definition) is 3. The molecule has 0 atom stereocenters. The van der Waals surface area contributed by atoms with Gasteiger partial charge in [0.15, 0.2) is 0 Å². The number of piperidine rings is 1. The average Bonchev–Trinajstić information content (AvgIpc) is 2.31. The van der Waals surface area contributed by atoms with Gasteiger partial charge in [-0.3, -0.25) is 4.90 Å². The second-order valence-electron chi connectivity index (χ2n) is 4.39. The maximum absolute atomic E-state index is 9.05. The molecule has 0 saturated carbocycles. The van der Waals surface area contributed by atoms with Crippen LogP contribution in [0.5, 0.6) is 0 Å². The molecular formula is C13H22N2O. The summed E-state index contributed by atoms with van der Waals surface area (Å²) in [6, 6.07) is 10.6. The van der Waals surface area contributed by atoms with Crippen molar-refractivity contribution in [1.29, 1.82) is 0 Å². The summed E-state index contributed by atoms with van der Waals surface area (Å²) in [5, 5.41) is 9.05. The van der Waals surface area contributed by atoms with Gasteiger partial charge in [-0.15, -0.1) is 0 Å². The second kappa shape index (κ2) is 6.63. The molecule has 0 bridgehead atoms. The van der Waals surface area contributed by atoms with Crippen LogP contribution in [0.2, 0.25) is 0 Å². The summed E-state index contributed by atoms with van der Waals surface area (Å²) in [5.74, 6) is 0.539. The molecule has 0 aromatic heterocycles. The van der Waals surface area contributed by atoms with Crippen molar-refractivity contribution in [3.8, 4) is 0 Å². The van der Waals surface area contributed by atoms with Gasteiger partial charge in [0.25, 0.3) is 0 Å². The van der Waals surface area contributed by atoms with Crippen LogP contribution in [-0.2, 0) is 6.54 Å². The number of likely N-dealkylation sites (tertiary alicyclic amines) is 1. The monoisotopic (exact) mass is 222 g/mol. The third kappa shape index (κ3) is 3.59. The zero-order chi connectivity index (χ0) is 10.5. The Balaban J connectivity index is 0.00000128. The Kier molecular flexibility index (Phi) is 5.46. The lowest BCUT2D eigenvalue weighted by atomic mass is 9.97. The van der Waals surface area contributed by atoms with Gasteiger partial charge in [-0.05, 0) is 37.4 Å². The molecule has 16 heavy (non-hydrogen) atoms. The lowest BCUT2D eigenvalue weighted by molar-refractivity contribution is 0.127.